The van der Waals surface area contributed by atoms with E-state index in [0.29, 0.717) is 12.2 Å². The average molecular weight is 302 g/mol. The predicted octanol–water partition coefficient (Wildman–Crippen LogP) is 1.62. The largest absolute Gasteiger partial charge is 0.350 e. The molecule has 1 aromatic carbocycles. The number of benzene rings is 1. The number of rotatable bonds is 6. The van der Waals surface area contributed by atoms with Gasteiger partial charge in [0.25, 0.3) is 5.91 Å². The summed E-state index contributed by atoms with van der Waals surface area (Å²) in [6.07, 6.45) is 2.09. The highest BCUT2D eigenvalue weighted by Gasteiger charge is 2.18. The Morgan fingerprint density at radius 1 is 1.55 bits per heavy atom. The molecule has 1 aromatic rings. The topological polar surface area (TPSA) is 89.3 Å². The summed E-state index contributed by atoms with van der Waals surface area (Å²) in [7, 11) is -0.949. The van der Waals surface area contributed by atoms with Crippen molar-refractivity contribution in [1.29, 1.82) is 0 Å². The molecule has 0 fully saturated rings. The molecule has 0 radical (unpaired) electrons. The van der Waals surface area contributed by atoms with Crippen molar-refractivity contribution in [3.05, 3.63) is 39.7 Å². The molecule has 110 valence electrons. The van der Waals surface area contributed by atoms with E-state index in [0.717, 1.165) is 12.1 Å². The predicted molar refractivity (Wildman–Crippen MR) is 73.5 cm³/mol. The highest BCUT2D eigenvalue weighted by atomic mass is 32.2. The van der Waals surface area contributed by atoms with Gasteiger partial charge in [0.1, 0.15) is 0 Å². The van der Waals surface area contributed by atoms with Gasteiger partial charge in [0.05, 0.1) is 4.92 Å². The second-order valence-corrected chi connectivity index (χ2v) is 5.92. The molecular formula is C12H15FN2O4S. The summed E-state index contributed by atoms with van der Waals surface area (Å²) in [5, 5.41) is 13.2. The molecule has 20 heavy (non-hydrogen) atoms. The Morgan fingerprint density at radius 2 is 2.20 bits per heavy atom. The summed E-state index contributed by atoms with van der Waals surface area (Å²) >= 11 is 0. The maximum Gasteiger partial charge on any atom is 0.305 e. The van der Waals surface area contributed by atoms with Crippen molar-refractivity contribution in [3.8, 4) is 0 Å². The van der Waals surface area contributed by atoms with Gasteiger partial charge in [-0.15, -0.1) is 0 Å². The minimum atomic E-state index is -0.985. The first-order valence-electron chi connectivity index (χ1n) is 5.86. The third-order valence-corrected chi connectivity index (χ3v) is 3.43. The number of amides is 1. The molecule has 2 unspecified atom stereocenters. The third-order valence-electron chi connectivity index (χ3n) is 2.62. The molecule has 1 rings (SSSR count). The van der Waals surface area contributed by atoms with Gasteiger partial charge in [0, 0.05) is 40.5 Å². The van der Waals surface area contributed by atoms with Crippen molar-refractivity contribution in [1.82, 2.24) is 5.32 Å². The van der Waals surface area contributed by atoms with Crippen LogP contribution in [-0.4, -0.2) is 33.1 Å². The van der Waals surface area contributed by atoms with E-state index in [1.54, 1.807) is 13.2 Å². The zero-order valence-corrected chi connectivity index (χ0v) is 11.9. The van der Waals surface area contributed by atoms with Crippen molar-refractivity contribution >= 4 is 22.4 Å². The first-order valence-corrected chi connectivity index (χ1v) is 7.58. The van der Waals surface area contributed by atoms with Gasteiger partial charge in [0.2, 0.25) is 5.82 Å². The molecule has 1 N–H and O–H groups in total. The van der Waals surface area contributed by atoms with Crippen LogP contribution in [0.2, 0.25) is 0 Å². The second-order valence-electron chi connectivity index (χ2n) is 4.36. The van der Waals surface area contributed by atoms with E-state index in [1.165, 1.54) is 6.07 Å². The van der Waals surface area contributed by atoms with E-state index in [1.807, 2.05) is 0 Å². The monoisotopic (exact) mass is 302 g/mol. The first kappa shape index (κ1) is 16.2. The fraction of sp³-hybridized carbons (Fsp3) is 0.417. The van der Waals surface area contributed by atoms with Crippen LogP contribution in [0.3, 0.4) is 0 Å². The number of halogens is 1. The second kappa shape index (κ2) is 7.09. The van der Waals surface area contributed by atoms with Crippen molar-refractivity contribution in [2.75, 3.05) is 12.0 Å². The molecule has 2 atom stereocenters. The van der Waals surface area contributed by atoms with Gasteiger partial charge in [-0.1, -0.05) is 0 Å². The van der Waals surface area contributed by atoms with E-state index in [4.69, 9.17) is 0 Å². The summed E-state index contributed by atoms with van der Waals surface area (Å²) < 4.78 is 24.1. The van der Waals surface area contributed by atoms with Gasteiger partial charge in [-0.25, -0.2) is 0 Å². The Bertz CT molecular complexity index is 550. The average Bonchev–Trinajstić information content (AvgIpc) is 2.36. The maximum atomic E-state index is 13.1. The van der Waals surface area contributed by atoms with E-state index in [-0.39, 0.29) is 11.6 Å². The van der Waals surface area contributed by atoms with Crippen molar-refractivity contribution in [2.45, 2.75) is 19.4 Å². The molecule has 0 spiro atoms. The molecule has 0 aromatic heterocycles. The molecule has 0 aliphatic rings. The van der Waals surface area contributed by atoms with Gasteiger partial charge < -0.3 is 5.32 Å². The van der Waals surface area contributed by atoms with Gasteiger partial charge in [-0.3, -0.25) is 19.1 Å². The SMILES string of the molecule is CC(CCS(C)=O)NC(=O)c1ccc(F)c([N+](=O)[O-])c1. The summed E-state index contributed by atoms with van der Waals surface area (Å²) in [4.78, 5) is 21.6. The van der Waals surface area contributed by atoms with Crippen LogP contribution in [0.15, 0.2) is 18.2 Å². The van der Waals surface area contributed by atoms with Crippen molar-refractivity contribution in [3.63, 3.8) is 0 Å². The summed E-state index contributed by atoms with van der Waals surface area (Å²) in [6, 6.07) is 2.74. The van der Waals surface area contributed by atoms with Gasteiger partial charge in [-0.05, 0) is 25.5 Å². The van der Waals surface area contributed by atoms with Crippen LogP contribution in [-0.2, 0) is 10.8 Å². The lowest BCUT2D eigenvalue weighted by Crippen LogP contribution is -2.33. The van der Waals surface area contributed by atoms with Gasteiger partial charge in [0.15, 0.2) is 0 Å². The van der Waals surface area contributed by atoms with Crippen LogP contribution >= 0.6 is 0 Å². The summed E-state index contributed by atoms with van der Waals surface area (Å²) in [5.74, 6) is -1.06. The van der Waals surface area contributed by atoms with E-state index >= 15 is 0 Å². The van der Waals surface area contributed by atoms with Crippen LogP contribution in [0.25, 0.3) is 0 Å². The number of hydrogen-bond acceptors (Lipinski definition) is 4. The molecular weight excluding hydrogens is 287 g/mol. The maximum absolute atomic E-state index is 13.1. The molecule has 1 amide bonds. The molecule has 6 nitrogen and oxygen atoms in total. The smallest absolute Gasteiger partial charge is 0.305 e. The first-order chi connectivity index (χ1) is 9.31. The van der Waals surface area contributed by atoms with E-state index in [9.17, 15) is 23.5 Å². The van der Waals surface area contributed by atoms with Gasteiger partial charge >= 0.3 is 5.69 Å². The number of carbonyl (C=O) groups excluding carboxylic acids is 1. The minimum Gasteiger partial charge on any atom is -0.350 e. The molecule has 0 saturated heterocycles. The fourth-order valence-electron chi connectivity index (χ4n) is 1.52. The molecule has 8 heteroatoms. The Kier molecular flexibility index (Phi) is 5.75. The Morgan fingerprint density at radius 3 is 2.75 bits per heavy atom. The highest BCUT2D eigenvalue weighted by molar-refractivity contribution is 7.84. The Balaban J connectivity index is 2.75. The Labute approximate surface area is 118 Å². The number of nitro groups is 1. The molecule has 0 aliphatic carbocycles. The van der Waals surface area contributed by atoms with Crippen LogP contribution in [0.1, 0.15) is 23.7 Å². The lowest BCUT2D eigenvalue weighted by atomic mass is 10.1. The third kappa shape index (κ3) is 4.69. The number of nitrogens with one attached hydrogen (secondary N) is 1. The van der Waals surface area contributed by atoms with Crippen LogP contribution < -0.4 is 5.32 Å². The Hall–Kier alpha value is -1.83. The zero-order valence-electron chi connectivity index (χ0n) is 11.1. The lowest BCUT2D eigenvalue weighted by molar-refractivity contribution is -0.387. The lowest BCUT2D eigenvalue weighted by Gasteiger charge is -2.13. The standard InChI is InChI=1S/C12H15FN2O4S/c1-8(5-6-20(2)19)14-12(16)9-3-4-10(13)11(7-9)15(17)18/h3-4,7-8H,5-6H2,1-2H3,(H,14,16). The molecule has 0 heterocycles. The number of nitrogens with zero attached hydrogens (tertiary/aromatic N) is 1. The zero-order chi connectivity index (χ0) is 15.3. The minimum absolute atomic E-state index is 0.0163. The van der Waals surface area contributed by atoms with E-state index in [2.05, 4.69) is 5.32 Å². The summed E-state index contributed by atoms with van der Waals surface area (Å²) in [5.41, 5.74) is -0.720. The molecule has 0 aliphatic heterocycles. The van der Waals surface area contributed by atoms with Crippen molar-refractivity contribution in [2.24, 2.45) is 0 Å². The van der Waals surface area contributed by atoms with Crippen molar-refractivity contribution < 1.29 is 18.3 Å². The number of carbonyl (C=O) groups is 1. The van der Waals surface area contributed by atoms with Crippen LogP contribution in [0.4, 0.5) is 10.1 Å². The quantitative estimate of drug-likeness (QED) is 0.638. The summed E-state index contributed by atoms with van der Waals surface area (Å²) in [6.45, 7) is 1.74. The number of nitro benzene ring substituents is 1. The fourth-order valence-corrected chi connectivity index (χ4v) is 2.20. The van der Waals surface area contributed by atoms with Crippen LogP contribution in [0.5, 0.6) is 0 Å². The number of hydrogen-bond donors (Lipinski definition) is 1. The molecule has 0 bridgehead atoms. The van der Waals surface area contributed by atoms with Crippen LogP contribution in [0, 0.1) is 15.9 Å². The normalized spacial score (nSPS) is 13.6. The van der Waals surface area contributed by atoms with E-state index < -0.39 is 33.1 Å². The highest BCUT2D eigenvalue weighted by Crippen LogP contribution is 2.18. The molecule has 0 saturated carbocycles. The van der Waals surface area contributed by atoms with Gasteiger partial charge in [-0.2, -0.15) is 4.39 Å².